The van der Waals surface area contributed by atoms with Crippen molar-refractivity contribution >= 4 is 27.5 Å². The van der Waals surface area contributed by atoms with Crippen LogP contribution in [0.2, 0.25) is 0 Å². The number of amides is 1. The number of carbonyl (C=O) groups is 1. The predicted octanol–water partition coefficient (Wildman–Crippen LogP) is 1.72. The molecule has 1 amide bonds. The molecule has 16 heavy (non-hydrogen) atoms. The van der Waals surface area contributed by atoms with Crippen LogP contribution in [0.1, 0.15) is 10.5 Å². The van der Waals surface area contributed by atoms with E-state index in [-0.39, 0.29) is 17.2 Å². The lowest BCUT2D eigenvalue weighted by Gasteiger charge is -2.02. The summed E-state index contributed by atoms with van der Waals surface area (Å²) >= 11 is 3.29. The van der Waals surface area contributed by atoms with Crippen molar-refractivity contribution < 1.29 is 4.79 Å². The Morgan fingerprint density at radius 1 is 1.19 bits per heavy atom. The number of hydrogen-bond acceptors (Lipinski definition) is 2. The fourth-order valence-corrected chi connectivity index (χ4v) is 1.45. The third kappa shape index (κ3) is 2.40. The molecule has 0 aliphatic heterocycles. The molecule has 5 nitrogen and oxygen atoms in total. The van der Waals surface area contributed by atoms with Gasteiger partial charge >= 0.3 is 0 Å². The van der Waals surface area contributed by atoms with Crippen molar-refractivity contribution in [1.82, 2.24) is 10.2 Å². The van der Waals surface area contributed by atoms with Crippen molar-refractivity contribution in [3.05, 3.63) is 50.9 Å². The Morgan fingerprint density at radius 3 is 2.44 bits per heavy atom. The van der Waals surface area contributed by atoms with Crippen LogP contribution in [0.15, 0.2) is 39.6 Å². The Hall–Kier alpha value is -1.82. The molecule has 2 rings (SSSR count). The molecule has 1 aromatic carbocycles. The number of benzene rings is 1. The van der Waals surface area contributed by atoms with Gasteiger partial charge in [-0.2, -0.15) is 0 Å². The predicted molar refractivity (Wildman–Crippen MR) is 63.5 cm³/mol. The monoisotopic (exact) mass is 281 g/mol. The van der Waals surface area contributed by atoms with Gasteiger partial charge in [-0.3, -0.25) is 19.8 Å². The molecule has 0 bridgehead atoms. The Bertz CT molecular complexity index is 556. The maximum Gasteiger partial charge on any atom is 0.273 e. The molecule has 0 radical (unpaired) electrons. The van der Waals surface area contributed by atoms with Crippen LogP contribution in [0, 0.1) is 0 Å². The number of hydrogen-bond donors (Lipinski definition) is 3. The van der Waals surface area contributed by atoms with Gasteiger partial charge in [0.25, 0.3) is 11.5 Å². The van der Waals surface area contributed by atoms with Gasteiger partial charge in [0, 0.05) is 16.2 Å². The van der Waals surface area contributed by atoms with E-state index in [2.05, 4.69) is 31.4 Å². The second-order valence-corrected chi connectivity index (χ2v) is 4.05. The molecule has 82 valence electrons. The normalized spacial score (nSPS) is 10.1. The number of H-pyrrole nitrogens is 2. The Morgan fingerprint density at radius 2 is 1.88 bits per heavy atom. The van der Waals surface area contributed by atoms with Gasteiger partial charge in [0.2, 0.25) is 0 Å². The van der Waals surface area contributed by atoms with E-state index in [1.54, 1.807) is 12.1 Å². The van der Waals surface area contributed by atoms with Crippen LogP contribution in [0.25, 0.3) is 0 Å². The van der Waals surface area contributed by atoms with Crippen LogP contribution in [0.3, 0.4) is 0 Å². The number of halogens is 1. The zero-order valence-corrected chi connectivity index (χ0v) is 9.67. The molecule has 2 aromatic rings. The summed E-state index contributed by atoms with van der Waals surface area (Å²) in [5, 5.41) is 7.42. The van der Waals surface area contributed by atoms with Crippen LogP contribution >= 0.6 is 15.9 Å². The van der Waals surface area contributed by atoms with Crippen molar-refractivity contribution in [1.29, 1.82) is 0 Å². The van der Waals surface area contributed by atoms with E-state index >= 15 is 0 Å². The summed E-state index contributed by atoms with van der Waals surface area (Å²) < 4.78 is 0.931. The first kappa shape index (κ1) is 10.7. The molecule has 0 atom stereocenters. The number of rotatable bonds is 2. The summed E-state index contributed by atoms with van der Waals surface area (Å²) in [7, 11) is 0. The van der Waals surface area contributed by atoms with E-state index in [9.17, 15) is 9.59 Å². The maximum absolute atomic E-state index is 11.6. The van der Waals surface area contributed by atoms with Gasteiger partial charge in [0.05, 0.1) is 0 Å². The number of nitrogens with one attached hydrogen (secondary N) is 3. The molecule has 0 spiro atoms. The maximum atomic E-state index is 11.6. The first-order chi connectivity index (χ1) is 7.65. The molecule has 0 aliphatic carbocycles. The quantitative estimate of drug-likeness (QED) is 0.784. The number of aromatic amines is 2. The lowest BCUT2D eigenvalue weighted by Crippen LogP contribution is -2.12. The summed E-state index contributed by atoms with van der Waals surface area (Å²) in [5.74, 6) is -0.360. The van der Waals surface area contributed by atoms with E-state index < -0.39 is 0 Å². The summed E-state index contributed by atoms with van der Waals surface area (Å²) in [5.41, 5.74) is 0.532. The third-order valence-corrected chi connectivity index (χ3v) is 2.47. The minimum absolute atomic E-state index is 0.202. The van der Waals surface area contributed by atoms with Gasteiger partial charge in [-0.05, 0) is 24.3 Å². The van der Waals surface area contributed by atoms with Crippen LogP contribution in [-0.2, 0) is 0 Å². The standard InChI is InChI=1S/C10H8BrN3O2/c11-6-1-3-7(4-2-6)12-10(16)8-5-9(15)14-13-8/h1-5H,(H,12,16)(H2,13,14,15). The average molecular weight is 282 g/mol. The second kappa shape index (κ2) is 4.36. The van der Waals surface area contributed by atoms with Crippen molar-refractivity contribution in [2.24, 2.45) is 0 Å². The van der Waals surface area contributed by atoms with E-state index in [0.29, 0.717) is 5.69 Å². The number of aromatic nitrogens is 2. The third-order valence-electron chi connectivity index (χ3n) is 1.94. The van der Waals surface area contributed by atoms with Crippen LogP contribution in [0.4, 0.5) is 5.69 Å². The van der Waals surface area contributed by atoms with Crippen molar-refractivity contribution in [2.75, 3.05) is 5.32 Å². The molecule has 0 saturated carbocycles. The van der Waals surface area contributed by atoms with Crippen molar-refractivity contribution in [3.8, 4) is 0 Å². The average Bonchev–Trinajstić information content (AvgIpc) is 2.68. The number of carbonyl (C=O) groups excluding carboxylic acids is 1. The van der Waals surface area contributed by atoms with E-state index in [0.717, 1.165) is 4.47 Å². The minimum Gasteiger partial charge on any atom is -0.321 e. The van der Waals surface area contributed by atoms with Gasteiger partial charge in [0.15, 0.2) is 0 Å². The molecule has 0 saturated heterocycles. The molecule has 0 fully saturated rings. The lowest BCUT2D eigenvalue weighted by atomic mass is 10.3. The lowest BCUT2D eigenvalue weighted by molar-refractivity contribution is 0.102. The summed E-state index contributed by atoms with van der Waals surface area (Å²) in [6.45, 7) is 0. The van der Waals surface area contributed by atoms with E-state index in [1.807, 2.05) is 12.1 Å². The van der Waals surface area contributed by atoms with Gasteiger partial charge in [-0.1, -0.05) is 15.9 Å². The molecular weight excluding hydrogens is 274 g/mol. The summed E-state index contributed by atoms with van der Waals surface area (Å²) in [6.07, 6.45) is 0. The van der Waals surface area contributed by atoms with Gasteiger partial charge < -0.3 is 5.32 Å². The van der Waals surface area contributed by atoms with Crippen LogP contribution < -0.4 is 10.9 Å². The Labute approximate surface area is 99.0 Å². The molecule has 3 N–H and O–H groups in total. The van der Waals surface area contributed by atoms with Crippen molar-refractivity contribution in [2.45, 2.75) is 0 Å². The highest BCUT2D eigenvalue weighted by Crippen LogP contribution is 2.14. The largest absolute Gasteiger partial charge is 0.321 e. The molecule has 0 unspecified atom stereocenters. The minimum atomic E-state index is -0.360. The van der Waals surface area contributed by atoms with Gasteiger partial charge in [-0.25, -0.2) is 0 Å². The van der Waals surface area contributed by atoms with E-state index in [1.165, 1.54) is 6.07 Å². The molecule has 1 heterocycles. The smallest absolute Gasteiger partial charge is 0.273 e. The molecule has 6 heteroatoms. The molecular formula is C10H8BrN3O2. The van der Waals surface area contributed by atoms with Crippen LogP contribution in [0.5, 0.6) is 0 Å². The summed E-state index contributed by atoms with van der Waals surface area (Å²) in [4.78, 5) is 22.4. The molecule has 1 aromatic heterocycles. The zero-order valence-electron chi connectivity index (χ0n) is 8.08. The summed E-state index contributed by atoms with van der Waals surface area (Å²) in [6, 6.07) is 8.35. The Kier molecular flexibility index (Phi) is 2.91. The number of anilines is 1. The zero-order chi connectivity index (χ0) is 11.5. The molecule has 0 aliphatic rings. The second-order valence-electron chi connectivity index (χ2n) is 3.13. The van der Waals surface area contributed by atoms with Gasteiger partial charge in [0.1, 0.15) is 5.69 Å². The SMILES string of the molecule is O=C(Nc1ccc(Br)cc1)c1cc(=O)[nH][nH]1. The first-order valence-electron chi connectivity index (χ1n) is 4.50. The van der Waals surface area contributed by atoms with Gasteiger partial charge in [-0.15, -0.1) is 0 Å². The Balaban J connectivity index is 2.13. The first-order valence-corrected chi connectivity index (χ1v) is 5.29. The van der Waals surface area contributed by atoms with E-state index in [4.69, 9.17) is 0 Å². The highest BCUT2D eigenvalue weighted by atomic mass is 79.9. The topological polar surface area (TPSA) is 77.8 Å². The fourth-order valence-electron chi connectivity index (χ4n) is 1.19. The van der Waals surface area contributed by atoms with Crippen LogP contribution in [-0.4, -0.2) is 16.1 Å². The highest BCUT2D eigenvalue weighted by Gasteiger charge is 2.07. The highest BCUT2D eigenvalue weighted by molar-refractivity contribution is 9.10. The fraction of sp³-hybridized carbons (Fsp3) is 0. The van der Waals surface area contributed by atoms with Crippen molar-refractivity contribution in [3.63, 3.8) is 0 Å².